The third kappa shape index (κ3) is 4.58. The van der Waals surface area contributed by atoms with Crippen molar-refractivity contribution in [2.24, 2.45) is 0 Å². The Balaban J connectivity index is 1.87. The summed E-state index contributed by atoms with van der Waals surface area (Å²) in [7, 11) is -3.53. The number of sulfone groups is 1. The third-order valence-electron chi connectivity index (χ3n) is 4.54. The van der Waals surface area contributed by atoms with E-state index >= 15 is 0 Å². The van der Waals surface area contributed by atoms with Gasteiger partial charge in [-0.15, -0.1) is 0 Å². The van der Waals surface area contributed by atoms with Crippen LogP contribution in [0.4, 0.5) is 0 Å². The van der Waals surface area contributed by atoms with Gasteiger partial charge in [0.05, 0.1) is 0 Å². The number of nitrogens with one attached hydrogen (secondary N) is 3. The standard InChI is InChI=1S/C17H25N3O4S/c1-13-3-5-14(6-4-13)15(21)19-11-12-20-16(22)17(25(2,23)24)7-9-18-10-8-17/h3-6,18H,7-12H2,1-2H3,(H,19,21)(H,20,22). The molecular formula is C17H25N3O4S. The van der Waals surface area contributed by atoms with Crippen LogP contribution in [-0.4, -0.2) is 57.4 Å². The Bertz CT molecular complexity index is 723. The molecule has 1 aromatic carbocycles. The zero-order chi connectivity index (χ0) is 18.5. The fourth-order valence-corrected chi connectivity index (χ4v) is 4.27. The molecule has 0 radical (unpaired) electrons. The molecule has 1 aliphatic rings. The minimum Gasteiger partial charge on any atom is -0.353 e. The molecule has 1 saturated heterocycles. The summed E-state index contributed by atoms with van der Waals surface area (Å²) in [6.45, 7) is 3.34. The maximum absolute atomic E-state index is 12.5. The predicted molar refractivity (Wildman–Crippen MR) is 96.2 cm³/mol. The molecule has 25 heavy (non-hydrogen) atoms. The second-order valence-electron chi connectivity index (χ2n) is 6.39. The SMILES string of the molecule is Cc1ccc(C(=O)NCCNC(=O)C2(S(C)(=O)=O)CCNCC2)cc1. The Morgan fingerprint density at radius 1 is 1.08 bits per heavy atom. The van der Waals surface area contributed by atoms with Gasteiger partial charge in [0.25, 0.3) is 5.91 Å². The van der Waals surface area contributed by atoms with Crippen LogP contribution in [-0.2, 0) is 14.6 Å². The Morgan fingerprint density at radius 3 is 2.20 bits per heavy atom. The maximum atomic E-state index is 12.5. The van der Waals surface area contributed by atoms with Crippen LogP contribution in [0.2, 0.25) is 0 Å². The number of hydrogen-bond acceptors (Lipinski definition) is 5. The molecule has 0 aromatic heterocycles. The summed E-state index contributed by atoms with van der Waals surface area (Å²) in [6.07, 6.45) is 1.62. The predicted octanol–water partition coefficient (Wildman–Crippen LogP) is 0.00782. The highest BCUT2D eigenvalue weighted by molar-refractivity contribution is 7.92. The molecule has 0 saturated carbocycles. The average Bonchev–Trinajstić information content (AvgIpc) is 2.58. The second kappa shape index (κ2) is 7.97. The topological polar surface area (TPSA) is 104 Å². The quantitative estimate of drug-likeness (QED) is 0.615. The first kappa shape index (κ1) is 19.4. The molecule has 0 bridgehead atoms. The van der Waals surface area contributed by atoms with E-state index in [1.807, 2.05) is 19.1 Å². The van der Waals surface area contributed by atoms with Crippen molar-refractivity contribution in [3.8, 4) is 0 Å². The highest BCUT2D eigenvalue weighted by Gasteiger charge is 2.48. The van der Waals surface area contributed by atoms with Crippen LogP contribution in [0.3, 0.4) is 0 Å². The van der Waals surface area contributed by atoms with Crippen molar-refractivity contribution < 1.29 is 18.0 Å². The summed E-state index contributed by atoms with van der Waals surface area (Å²) in [5.41, 5.74) is 1.61. The molecule has 0 unspecified atom stereocenters. The number of carbonyl (C=O) groups is 2. The van der Waals surface area contributed by atoms with Crippen LogP contribution in [0.15, 0.2) is 24.3 Å². The fourth-order valence-electron chi connectivity index (χ4n) is 2.92. The number of hydrogen-bond donors (Lipinski definition) is 3. The molecule has 138 valence electrons. The maximum Gasteiger partial charge on any atom is 0.251 e. The summed E-state index contributed by atoms with van der Waals surface area (Å²) in [4.78, 5) is 24.5. The number of rotatable bonds is 6. The van der Waals surface area contributed by atoms with Crippen molar-refractivity contribution in [1.29, 1.82) is 0 Å². The largest absolute Gasteiger partial charge is 0.353 e. The van der Waals surface area contributed by atoms with Crippen molar-refractivity contribution in [1.82, 2.24) is 16.0 Å². The van der Waals surface area contributed by atoms with Crippen LogP contribution < -0.4 is 16.0 Å². The molecule has 1 heterocycles. The first-order valence-corrected chi connectivity index (χ1v) is 10.2. The molecule has 1 aliphatic heterocycles. The van der Waals surface area contributed by atoms with Crippen LogP contribution in [0.1, 0.15) is 28.8 Å². The van der Waals surface area contributed by atoms with Gasteiger partial charge < -0.3 is 16.0 Å². The van der Waals surface area contributed by atoms with Crippen LogP contribution in [0.25, 0.3) is 0 Å². The number of benzene rings is 1. The van der Waals surface area contributed by atoms with Crippen molar-refractivity contribution in [2.75, 3.05) is 32.4 Å². The van der Waals surface area contributed by atoms with Gasteiger partial charge in [0.2, 0.25) is 5.91 Å². The summed E-state index contributed by atoms with van der Waals surface area (Å²) in [5, 5.41) is 8.44. The van der Waals surface area contributed by atoms with Gasteiger partial charge in [0.15, 0.2) is 14.6 Å². The van der Waals surface area contributed by atoms with E-state index in [2.05, 4.69) is 16.0 Å². The molecule has 0 spiro atoms. The summed E-state index contributed by atoms with van der Waals surface area (Å²) in [6, 6.07) is 7.17. The van der Waals surface area contributed by atoms with Gasteiger partial charge in [-0.1, -0.05) is 17.7 Å². The monoisotopic (exact) mass is 367 g/mol. The highest BCUT2D eigenvalue weighted by atomic mass is 32.2. The summed E-state index contributed by atoms with van der Waals surface area (Å²) >= 11 is 0. The first-order valence-electron chi connectivity index (χ1n) is 8.30. The molecule has 1 fully saturated rings. The number of amides is 2. The molecule has 8 heteroatoms. The van der Waals surface area contributed by atoms with Crippen LogP contribution >= 0.6 is 0 Å². The number of aryl methyl sites for hydroxylation is 1. The van der Waals surface area contributed by atoms with Crippen molar-refractivity contribution >= 4 is 21.7 Å². The van der Waals surface area contributed by atoms with Gasteiger partial charge in [0.1, 0.15) is 0 Å². The van der Waals surface area contributed by atoms with Gasteiger partial charge in [-0.25, -0.2) is 8.42 Å². The molecule has 2 amide bonds. The van der Waals surface area contributed by atoms with E-state index in [4.69, 9.17) is 0 Å². The minimum atomic E-state index is -3.53. The van der Waals surface area contributed by atoms with Crippen LogP contribution in [0.5, 0.6) is 0 Å². The lowest BCUT2D eigenvalue weighted by Crippen LogP contribution is -2.57. The molecule has 0 atom stereocenters. The van der Waals surface area contributed by atoms with E-state index in [1.165, 1.54) is 0 Å². The average molecular weight is 367 g/mol. The van der Waals surface area contributed by atoms with Crippen molar-refractivity contribution in [3.05, 3.63) is 35.4 Å². The lowest BCUT2D eigenvalue weighted by atomic mass is 9.96. The highest BCUT2D eigenvalue weighted by Crippen LogP contribution is 2.27. The zero-order valence-electron chi connectivity index (χ0n) is 14.6. The Morgan fingerprint density at radius 2 is 1.64 bits per heavy atom. The lowest BCUT2D eigenvalue weighted by molar-refractivity contribution is -0.124. The smallest absolute Gasteiger partial charge is 0.251 e. The van der Waals surface area contributed by atoms with E-state index < -0.39 is 20.5 Å². The lowest BCUT2D eigenvalue weighted by Gasteiger charge is -2.34. The molecule has 0 aliphatic carbocycles. The van der Waals surface area contributed by atoms with E-state index in [-0.39, 0.29) is 31.8 Å². The van der Waals surface area contributed by atoms with Gasteiger partial charge in [0, 0.05) is 24.9 Å². The van der Waals surface area contributed by atoms with E-state index in [0.717, 1.165) is 11.8 Å². The Kier molecular flexibility index (Phi) is 6.18. The van der Waals surface area contributed by atoms with Crippen molar-refractivity contribution in [3.63, 3.8) is 0 Å². The normalized spacial score (nSPS) is 16.9. The number of piperidine rings is 1. The van der Waals surface area contributed by atoms with E-state index in [1.54, 1.807) is 12.1 Å². The Labute approximate surface area is 148 Å². The second-order valence-corrected chi connectivity index (χ2v) is 8.72. The van der Waals surface area contributed by atoms with E-state index in [0.29, 0.717) is 18.7 Å². The molecular weight excluding hydrogens is 342 g/mol. The van der Waals surface area contributed by atoms with E-state index in [9.17, 15) is 18.0 Å². The zero-order valence-corrected chi connectivity index (χ0v) is 15.4. The fraction of sp³-hybridized carbons (Fsp3) is 0.529. The Hall–Kier alpha value is -1.93. The van der Waals surface area contributed by atoms with Crippen molar-refractivity contribution in [2.45, 2.75) is 24.5 Å². The first-order chi connectivity index (χ1) is 11.8. The van der Waals surface area contributed by atoms with Gasteiger partial charge >= 0.3 is 0 Å². The van der Waals surface area contributed by atoms with Gasteiger partial charge in [-0.05, 0) is 45.0 Å². The third-order valence-corrected chi connectivity index (χ3v) is 6.56. The van der Waals surface area contributed by atoms with Gasteiger partial charge in [-0.2, -0.15) is 0 Å². The minimum absolute atomic E-state index is 0.182. The molecule has 1 aromatic rings. The summed E-state index contributed by atoms with van der Waals surface area (Å²) in [5.74, 6) is -0.713. The van der Waals surface area contributed by atoms with Gasteiger partial charge in [-0.3, -0.25) is 9.59 Å². The van der Waals surface area contributed by atoms with Crippen LogP contribution in [0, 0.1) is 6.92 Å². The summed E-state index contributed by atoms with van der Waals surface area (Å²) < 4.78 is 22.9. The molecule has 2 rings (SSSR count). The molecule has 7 nitrogen and oxygen atoms in total. The number of carbonyl (C=O) groups excluding carboxylic acids is 2. The molecule has 3 N–H and O–H groups in total.